The second-order valence-corrected chi connectivity index (χ2v) is 3.72. The molecule has 66 valence electrons. The van der Waals surface area contributed by atoms with E-state index in [-0.39, 0.29) is 0 Å². The van der Waals surface area contributed by atoms with Crippen LogP contribution < -0.4 is 0 Å². The molecule has 3 rings (SSSR count). The smallest absolute Gasteiger partial charge is 0.177 e. The molecular weight excluding hydrogens is 162 g/mol. The van der Waals surface area contributed by atoms with Gasteiger partial charge in [-0.2, -0.15) is 0 Å². The molecule has 1 fully saturated rings. The van der Waals surface area contributed by atoms with Crippen LogP contribution in [0.3, 0.4) is 0 Å². The Hall–Kier alpha value is -1.38. The van der Waals surface area contributed by atoms with Gasteiger partial charge < -0.3 is 4.98 Å². The van der Waals surface area contributed by atoms with Crippen molar-refractivity contribution in [3.8, 4) is 0 Å². The third-order valence-corrected chi connectivity index (χ3v) is 2.58. The van der Waals surface area contributed by atoms with Gasteiger partial charge in [0.15, 0.2) is 5.65 Å². The Morgan fingerprint density at radius 3 is 3.00 bits per heavy atom. The molecule has 2 aromatic rings. The predicted molar refractivity (Wildman–Crippen MR) is 50.6 cm³/mol. The first-order chi connectivity index (χ1) is 6.34. The van der Waals surface area contributed by atoms with Crippen LogP contribution in [-0.2, 0) is 0 Å². The minimum atomic E-state index is 0.675. The number of fused-ring (bicyclic) bond motifs is 1. The van der Waals surface area contributed by atoms with E-state index < -0.39 is 0 Å². The molecule has 2 aromatic heterocycles. The Labute approximate surface area is 76.2 Å². The molecule has 3 nitrogen and oxygen atoms in total. The Kier molecular flexibility index (Phi) is 1.26. The van der Waals surface area contributed by atoms with Crippen LogP contribution in [0.5, 0.6) is 0 Å². The Morgan fingerprint density at radius 1 is 1.46 bits per heavy atom. The van der Waals surface area contributed by atoms with E-state index in [1.165, 1.54) is 18.4 Å². The summed E-state index contributed by atoms with van der Waals surface area (Å²) in [5.74, 6) is 1.80. The number of hydrogen-bond acceptors (Lipinski definition) is 2. The fourth-order valence-electron chi connectivity index (χ4n) is 1.60. The first kappa shape index (κ1) is 7.06. The summed E-state index contributed by atoms with van der Waals surface area (Å²) in [6.45, 7) is 2.08. The minimum absolute atomic E-state index is 0.675. The maximum Gasteiger partial charge on any atom is 0.177 e. The number of nitrogens with one attached hydrogen (secondary N) is 1. The number of nitrogens with zero attached hydrogens (tertiary/aromatic N) is 2. The minimum Gasteiger partial charge on any atom is -0.340 e. The fraction of sp³-hybridized carbons (Fsp3) is 0.400. The summed E-state index contributed by atoms with van der Waals surface area (Å²) in [5.41, 5.74) is 3.19. The van der Waals surface area contributed by atoms with Gasteiger partial charge in [0.05, 0.1) is 5.52 Å². The van der Waals surface area contributed by atoms with E-state index in [9.17, 15) is 0 Å². The molecule has 0 spiro atoms. The first-order valence-corrected chi connectivity index (χ1v) is 4.66. The molecule has 0 aromatic carbocycles. The summed E-state index contributed by atoms with van der Waals surface area (Å²) in [7, 11) is 0. The third-order valence-electron chi connectivity index (χ3n) is 2.58. The Morgan fingerprint density at radius 2 is 2.31 bits per heavy atom. The summed E-state index contributed by atoms with van der Waals surface area (Å²) in [5, 5.41) is 0. The Balaban J connectivity index is 2.26. The van der Waals surface area contributed by atoms with E-state index in [0.29, 0.717) is 5.92 Å². The van der Waals surface area contributed by atoms with Gasteiger partial charge in [-0.05, 0) is 31.4 Å². The van der Waals surface area contributed by atoms with Gasteiger partial charge in [0.25, 0.3) is 0 Å². The van der Waals surface area contributed by atoms with Crippen molar-refractivity contribution in [2.75, 3.05) is 0 Å². The van der Waals surface area contributed by atoms with Crippen LogP contribution >= 0.6 is 0 Å². The average Bonchev–Trinajstić information content (AvgIpc) is 2.87. The average molecular weight is 173 g/mol. The molecule has 0 radical (unpaired) electrons. The van der Waals surface area contributed by atoms with Crippen LogP contribution in [0.25, 0.3) is 11.2 Å². The van der Waals surface area contributed by atoms with Gasteiger partial charge in [0.1, 0.15) is 5.82 Å². The van der Waals surface area contributed by atoms with Gasteiger partial charge in [-0.3, -0.25) is 0 Å². The van der Waals surface area contributed by atoms with Crippen LogP contribution in [0.15, 0.2) is 12.3 Å². The van der Waals surface area contributed by atoms with E-state index in [2.05, 4.69) is 21.9 Å². The number of rotatable bonds is 1. The number of H-pyrrole nitrogens is 1. The standard InChI is InChI=1S/C10H11N3/c1-6-4-5-11-10-8(6)12-9(13-10)7-2-3-7/h4-5,7H,2-3H2,1H3,(H,11,12,13). The molecule has 13 heavy (non-hydrogen) atoms. The van der Waals surface area contributed by atoms with Crippen molar-refractivity contribution in [1.29, 1.82) is 0 Å². The largest absolute Gasteiger partial charge is 0.340 e. The SMILES string of the molecule is Cc1ccnc2nc(C3CC3)[nH]c12. The molecule has 0 atom stereocenters. The van der Waals surface area contributed by atoms with Crippen molar-refractivity contribution in [2.24, 2.45) is 0 Å². The zero-order valence-corrected chi connectivity index (χ0v) is 7.54. The molecule has 0 aliphatic heterocycles. The van der Waals surface area contributed by atoms with Crippen molar-refractivity contribution < 1.29 is 0 Å². The molecule has 0 bridgehead atoms. The fourth-order valence-corrected chi connectivity index (χ4v) is 1.60. The van der Waals surface area contributed by atoms with Gasteiger partial charge in [0.2, 0.25) is 0 Å². The van der Waals surface area contributed by atoms with E-state index in [1.54, 1.807) is 0 Å². The Bertz CT molecular complexity index is 454. The molecular formula is C10H11N3. The molecule has 3 heteroatoms. The molecule has 1 aliphatic rings. The molecule has 0 saturated heterocycles. The first-order valence-electron chi connectivity index (χ1n) is 4.66. The maximum atomic E-state index is 4.47. The van der Waals surface area contributed by atoms with E-state index in [4.69, 9.17) is 0 Å². The van der Waals surface area contributed by atoms with Crippen LogP contribution in [0.1, 0.15) is 30.1 Å². The van der Waals surface area contributed by atoms with Gasteiger partial charge in [-0.1, -0.05) is 0 Å². The van der Waals surface area contributed by atoms with Crippen LogP contribution in [0.2, 0.25) is 0 Å². The lowest BCUT2D eigenvalue weighted by Crippen LogP contribution is -1.80. The summed E-state index contributed by atoms with van der Waals surface area (Å²) in [6.07, 6.45) is 4.37. The van der Waals surface area contributed by atoms with E-state index in [0.717, 1.165) is 17.0 Å². The molecule has 1 aliphatic carbocycles. The third kappa shape index (κ3) is 1.03. The lowest BCUT2D eigenvalue weighted by molar-refractivity contribution is 0.983. The number of aromatic amines is 1. The number of imidazole rings is 1. The number of pyridine rings is 1. The number of aromatic nitrogens is 3. The predicted octanol–water partition coefficient (Wildman–Crippen LogP) is 2.14. The van der Waals surface area contributed by atoms with E-state index >= 15 is 0 Å². The van der Waals surface area contributed by atoms with Crippen LogP contribution in [0, 0.1) is 6.92 Å². The molecule has 1 saturated carbocycles. The van der Waals surface area contributed by atoms with Gasteiger partial charge >= 0.3 is 0 Å². The topological polar surface area (TPSA) is 41.6 Å². The molecule has 2 heterocycles. The van der Waals surface area contributed by atoms with Gasteiger partial charge in [-0.25, -0.2) is 9.97 Å². The van der Waals surface area contributed by atoms with Crippen molar-refractivity contribution >= 4 is 11.2 Å². The number of aryl methyl sites for hydroxylation is 1. The second-order valence-electron chi connectivity index (χ2n) is 3.72. The van der Waals surface area contributed by atoms with Crippen LogP contribution in [-0.4, -0.2) is 15.0 Å². The molecule has 0 unspecified atom stereocenters. The second kappa shape index (κ2) is 2.31. The monoisotopic (exact) mass is 173 g/mol. The number of hydrogen-bond donors (Lipinski definition) is 1. The lowest BCUT2D eigenvalue weighted by Gasteiger charge is -1.90. The van der Waals surface area contributed by atoms with Crippen molar-refractivity contribution in [3.05, 3.63) is 23.7 Å². The highest BCUT2D eigenvalue weighted by atomic mass is 15.0. The molecule has 0 amide bonds. The van der Waals surface area contributed by atoms with Gasteiger partial charge in [-0.15, -0.1) is 0 Å². The van der Waals surface area contributed by atoms with Gasteiger partial charge in [0, 0.05) is 12.1 Å². The summed E-state index contributed by atoms with van der Waals surface area (Å²) < 4.78 is 0. The summed E-state index contributed by atoms with van der Waals surface area (Å²) >= 11 is 0. The summed E-state index contributed by atoms with van der Waals surface area (Å²) in [4.78, 5) is 12.1. The van der Waals surface area contributed by atoms with Crippen molar-refractivity contribution in [1.82, 2.24) is 15.0 Å². The highest BCUT2D eigenvalue weighted by Crippen LogP contribution is 2.38. The quantitative estimate of drug-likeness (QED) is 0.717. The van der Waals surface area contributed by atoms with Crippen molar-refractivity contribution in [3.63, 3.8) is 0 Å². The maximum absolute atomic E-state index is 4.47. The zero-order chi connectivity index (χ0) is 8.84. The highest BCUT2D eigenvalue weighted by Gasteiger charge is 2.27. The zero-order valence-electron chi connectivity index (χ0n) is 7.54. The van der Waals surface area contributed by atoms with Crippen LogP contribution in [0.4, 0.5) is 0 Å². The summed E-state index contributed by atoms with van der Waals surface area (Å²) in [6, 6.07) is 2.01. The van der Waals surface area contributed by atoms with Crippen molar-refractivity contribution in [2.45, 2.75) is 25.7 Å². The molecule has 1 N–H and O–H groups in total. The normalized spacial score (nSPS) is 16.7. The highest BCUT2D eigenvalue weighted by molar-refractivity contribution is 5.74. The lowest BCUT2D eigenvalue weighted by atomic mass is 10.3. The van der Waals surface area contributed by atoms with E-state index in [1.807, 2.05) is 12.3 Å².